The molecule has 0 spiro atoms. The van der Waals surface area contributed by atoms with Crippen molar-refractivity contribution in [2.45, 2.75) is 57.5 Å². The third-order valence-corrected chi connectivity index (χ3v) is 3.04. The monoisotopic (exact) mass is 203 g/mol. The average Bonchev–Trinajstić information content (AvgIpc) is 2.45. The lowest BCUT2D eigenvalue weighted by atomic mass is 10.1. The van der Waals surface area contributed by atoms with Gasteiger partial charge >= 0.3 is 0 Å². The molecule has 3 unspecified atom stereocenters. The summed E-state index contributed by atoms with van der Waals surface area (Å²) in [6.45, 7) is 5.98. The first-order valence-corrected chi connectivity index (χ1v) is 5.47. The van der Waals surface area contributed by atoms with Gasteiger partial charge < -0.3 is 4.90 Å². The van der Waals surface area contributed by atoms with Gasteiger partial charge in [0.05, 0.1) is 0 Å². The Morgan fingerprint density at radius 1 is 1.62 bits per heavy atom. The Morgan fingerprint density at radius 2 is 2.23 bits per heavy atom. The molecule has 0 N–H and O–H groups in total. The second kappa shape index (κ2) is 4.32. The van der Waals surface area contributed by atoms with E-state index in [1.807, 2.05) is 4.90 Å². The van der Waals surface area contributed by atoms with E-state index >= 15 is 0 Å². The molecule has 0 saturated carbocycles. The van der Waals surface area contributed by atoms with Gasteiger partial charge in [0.2, 0.25) is 5.91 Å². The summed E-state index contributed by atoms with van der Waals surface area (Å²) in [5.41, 5.74) is 0. The summed E-state index contributed by atoms with van der Waals surface area (Å²) in [6.07, 6.45) is 3.29. The summed E-state index contributed by atoms with van der Waals surface area (Å²) in [5, 5.41) is -0.380. The van der Waals surface area contributed by atoms with Crippen LogP contribution in [0.15, 0.2) is 0 Å². The van der Waals surface area contributed by atoms with Crippen LogP contribution in [0.2, 0.25) is 0 Å². The normalized spacial score (nSPS) is 30.6. The minimum absolute atomic E-state index is 0.0958. The van der Waals surface area contributed by atoms with E-state index < -0.39 is 0 Å². The number of halogens is 1. The number of carbonyl (C=O) groups is 1. The van der Waals surface area contributed by atoms with Crippen LogP contribution in [-0.4, -0.2) is 28.3 Å². The first-order valence-electron chi connectivity index (χ1n) is 5.04. The molecule has 1 aliphatic heterocycles. The van der Waals surface area contributed by atoms with E-state index in [0.717, 1.165) is 19.3 Å². The summed E-state index contributed by atoms with van der Waals surface area (Å²) < 4.78 is 0. The number of hydrogen-bond acceptors (Lipinski definition) is 1. The predicted octanol–water partition coefficient (Wildman–Crippen LogP) is 2.40. The molecule has 1 rings (SSSR count). The molecule has 0 radical (unpaired) electrons. The highest BCUT2D eigenvalue weighted by Crippen LogP contribution is 2.27. The Labute approximate surface area is 85.2 Å². The van der Waals surface area contributed by atoms with E-state index in [2.05, 4.69) is 13.8 Å². The van der Waals surface area contributed by atoms with Crippen molar-refractivity contribution in [2.75, 3.05) is 0 Å². The maximum absolute atomic E-state index is 11.7. The maximum atomic E-state index is 11.7. The van der Waals surface area contributed by atoms with E-state index in [4.69, 9.17) is 11.6 Å². The Kier molecular flexibility index (Phi) is 3.60. The van der Waals surface area contributed by atoms with Gasteiger partial charge in [-0.25, -0.2) is 0 Å². The van der Waals surface area contributed by atoms with Crippen LogP contribution < -0.4 is 0 Å². The van der Waals surface area contributed by atoms with E-state index in [1.54, 1.807) is 6.92 Å². The van der Waals surface area contributed by atoms with E-state index in [1.165, 1.54) is 0 Å². The van der Waals surface area contributed by atoms with Crippen molar-refractivity contribution in [3.63, 3.8) is 0 Å². The summed E-state index contributed by atoms with van der Waals surface area (Å²) >= 11 is 5.80. The molecule has 1 aliphatic rings. The van der Waals surface area contributed by atoms with Gasteiger partial charge in [-0.1, -0.05) is 6.92 Å². The first kappa shape index (κ1) is 10.8. The molecule has 0 aliphatic carbocycles. The summed E-state index contributed by atoms with van der Waals surface area (Å²) in [6, 6.07) is 0.794. The molecule has 2 nitrogen and oxygen atoms in total. The Bertz CT molecular complexity index is 193. The molecule has 3 atom stereocenters. The van der Waals surface area contributed by atoms with Crippen LogP contribution in [0.3, 0.4) is 0 Å². The number of hydrogen-bond donors (Lipinski definition) is 0. The van der Waals surface area contributed by atoms with Crippen LogP contribution >= 0.6 is 11.6 Å². The van der Waals surface area contributed by atoms with Gasteiger partial charge in [-0.05, 0) is 33.1 Å². The van der Waals surface area contributed by atoms with Crippen LogP contribution in [0.5, 0.6) is 0 Å². The molecule has 1 saturated heterocycles. The highest BCUT2D eigenvalue weighted by atomic mass is 35.5. The zero-order chi connectivity index (χ0) is 10.0. The van der Waals surface area contributed by atoms with Gasteiger partial charge in [-0.3, -0.25) is 4.79 Å². The van der Waals surface area contributed by atoms with Crippen LogP contribution in [0.1, 0.15) is 40.0 Å². The van der Waals surface area contributed by atoms with Gasteiger partial charge in [0.15, 0.2) is 0 Å². The molecule has 0 bridgehead atoms. The van der Waals surface area contributed by atoms with Gasteiger partial charge in [-0.15, -0.1) is 11.6 Å². The number of rotatable bonds is 2. The maximum Gasteiger partial charge on any atom is 0.240 e. The fraction of sp³-hybridized carbons (Fsp3) is 0.900. The SMILES string of the molecule is CCC1CCC(C)N1C(=O)C(C)Cl. The van der Waals surface area contributed by atoms with Crippen molar-refractivity contribution in [2.24, 2.45) is 0 Å². The van der Waals surface area contributed by atoms with Crippen LogP contribution in [0, 0.1) is 0 Å². The number of nitrogens with zero attached hydrogens (tertiary/aromatic N) is 1. The molecular formula is C10H18ClNO. The average molecular weight is 204 g/mol. The number of carbonyl (C=O) groups excluding carboxylic acids is 1. The van der Waals surface area contributed by atoms with Gasteiger partial charge in [-0.2, -0.15) is 0 Å². The van der Waals surface area contributed by atoms with Crippen molar-refractivity contribution in [1.29, 1.82) is 0 Å². The largest absolute Gasteiger partial charge is 0.336 e. The predicted molar refractivity (Wildman–Crippen MR) is 54.9 cm³/mol. The standard InChI is InChI=1S/C10H18ClNO/c1-4-9-6-5-7(2)12(9)10(13)8(3)11/h7-9H,4-6H2,1-3H3. The molecule has 1 heterocycles. The van der Waals surface area contributed by atoms with E-state index in [-0.39, 0.29) is 11.3 Å². The van der Waals surface area contributed by atoms with Crippen molar-refractivity contribution in [1.82, 2.24) is 4.90 Å². The molecule has 0 aromatic rings. The van der Waals surface area contributed by atoms with Gasteiger partial charge in [0.1, 0.15) is 5.38 Å². The highest BCUT2D eigenvalue weighted by molar-refractivity contribution is 6.30. The Balaban J connectivity index is 2.69. The van der Waals surface area contributed by atoms with Crippen molar-refractivity contribution in [3.05, 3.63) is 0 Å². The second-order valence-corrected chi connectivity index (χ2v) is 4.50. The van der Waals surface area contributed by atoms with Crippen LogP contribution in [0.25, 0.3) is 0 Å². The highest BCUT2D eigenvalue weighted by Gasteiger charge is 2.34. The molecule has 1 fully saturated rings. The molecule has 0 aromatic heterocycles. The molecule has 1 amide bonds. The summed E-state index contributed by atoms with van der Waals surface area (Å²) in [5.74, 6) is 0.0958. The van der Waals surface area contributed by atoms with Crippen molar-refractivity contribution < 1.29 is 4.79 Å². The third-order valence-electron chi connectivity index (χ3n) is 2.85. The second-order valence-electron chi connectivity index (χ2n) is 3.85. The third kappa shape index (κ3) is 2.16. The summed E-state index contributed by atoms with van der Waals surface area (Å²) in [4.78, 5) is 13.7. The minimum atomic E-state index is -0.380. The zero-order valence-electron chi connectivity index (χ0n) is 8.59. The first-order chi connectivity index (χ1) is 6.07. The Hall–Kier alpha value is -0.240. The van der Waals surface area contributed by atoms with E-state index in [0.29, 0.717) is 12.1 Å². The number of likely N-dealkylation sites (tertiary alicyclic amines) is 1. The molecular weight excluding hydrogens is 186 g/mol. The minimum Gasteiger partial charge on any atom is -0.336 e. The molecule has 3 heteroatoms. The lowest BCUT2D eigenvalue weighted by Gasteiger charge is -2.28. The van der Waals surface area contributed by atoms with Crippen LogP contribution in [-0.2, 0) is 4.79 Å². The van der Waals surface area contributed by atoms with Crippen molar-refractivity contribution in [3.8, 4) is 0 Å². The summed E-state index contributed by atoms with van der Waals surface area (Å²) in [7, 11) is 0. The van der Waals surface area contributed by atoms with Gasteiger partial charge in [0, 0.05) is 12.1 Å². The quantitative estimate of drug-likeness (QED) is 0.632. The lowest BCUT2D eigenvalue weighted by Crippen LogP contribution is -2.43. The number of alkyl halides is 1. The van der Waals surface area contributed by atoms with Crippen LogP contribution in [0.4, 0.5) is 0 Å². The fourth-order valence-corrected chi connectivity index (χ4v) is 2.19. The van der Waals surface area contributed by atoms with E-state index in [9.17, 15) is 4.79 Å². The zero-order valence-corrected chi connectivity index (χ0v) is 9.34. The smallest absolute Gasteiger partial charge is 0.240 e. The molecule has 13 heavy (non-hydrogen) atoms. The number of amides is 1. The topological polar surface area (TPSA) is 20.3 Å². The molecule has 76 valence electrons. The van der Waals surface area contributed by atoms with Crippen molar-refractivity contribution >= 4 is 17.5 Å². The molecule has 0 aromatic carbocycles. The Morgan fingerprint density at radius 3 is 2.69 bits per heavy atom. The lowest BCUT2D eigenvalue weighted by molar-refractivity contribution is -0.133. The fourth-order valence-electron chi connectivity index (χ4n) is 2.08. The van der Waals surface area contributed by atoms with Gasteiger partial charge in [0.25, 0.3) is 0 Å².